The third kappa shape index (κ3) is 2.85. The van der Waals surface area contributed by atoms with Crippen LogP contribution in [0.4, 0.5) is 0 Å². The van der Waals surface area contributed by atoms with Crippen molar-refractivity contribution >= 4 is 0 Å². The maximum absolute atomic E-state index is 9.09. The van der Waals surface area contributed by atoms with Crippen LogP contribution in [0.3, 0.4) is 0 Å². The number of hydrogen-bond acceptors (Lipinski definition) is 3. The molecule has 1 saturated heterocycles. The highest BCUT2D eigenvalue weighted by molar-refractivity contribution is 5.23. The maximum Gasteiger partial charge on any atom is 0.0431 e. The highest BCUT2D eigenvalue weighted by Crippen LogP contribution is 2.38. The largest absolute Gasteiger partial charge is 0.396 e. The van der Waals surface area contributed by atoms with Crippen LogP contribution >= 0.6 is 0 Å². The monoisotopic (exact) mass is 234 g/mol. The first-order chi connectivity index (χ1) is 8.27. The second-order valence-corrected chi connectivity index (χ2v) is 5.15. The van der Waals surface area contributed by atoms with Gasteiger partial charge in [-0.05, 0) is 68.9 Å². The quantitative estimate of drug-likeness (QED) is 0.863. The second-order valence-electron chi connectivity index (χ2n) is 5.15. The number of aliphatic hydroxyl groups excluding tert-OH is 1. The van der Waals surface area contributed by atoms with Crippen LogP contribution in [0.15, 0.2) is 24.5 Å². The molecule has 0 aromatic carbocycles. The predicted octanol–water partition coefficient (Wildman–Crippen LogP) is 1.82. The molecule has 0 amide bonds. The van der Waals surface area contributed by atoms with Crippen molar-refractivity contribution in [2.75, 3.05) is 26.7 Å². The van der Waals surface area contributed by atoms with Gasteiger partial charge in [0.1, 0.15) is 0 Å². The zero-order valence-electron chi connectivity index (χ0n) is 10.6. The van der Waals surface area contributed by atoms with E-state index in [1.54, 1.807) is 0 Å². The molecule has 0 aliphatic carbocycles. The fourth-order valence-corrected chi connectivity index (χ4v) is 2.85. The van der Waals surface area contributed by atoms with Gasteiger partial charge in [0.05, 0.1) is 0 Å². The van der Waals surface area contributed by atoms with E-state index in [9.17, 15) is 0 Å². The van der Waals surface area contributed by atoms with Gasteiger partial charge >= 0.3 is 0 Å². The number of hydrogen-bond donors (Lipinski definition) is 1. The van der Waals surface area contributed by atoms with E-state index < -0.39 is 0 Å². The van der Waals surface area contributed by atoms with Gasteiger partial charge in [-0.1, -0.05) is 0 Å². The Balaban J connectivity index is 2.18. The molecule has 0 unspecified atom stereocenters. The van der Waals surface area contributed by atoms with Gasteiger partial charge in [0.25, 0.3) is 0 Å². The lowest BCUT2D eigenvalue weighted by Crippen LogP contribution is -2.41. The third-order valence-corrected chi connectivity index (χ3v) is 4.05. The van der Waals surface area contributed by atoms with E-state index >= 15 is 0 Å². The molecule has 1 aromatic heterocycles. The predicted molar refractivity (Wildman–Crippen MR) is 69.0 cm³/mol. The molecule has 0 spiro atoms. The first-order valence-electron chi connectivity index (χ1n) is 6.47. The van der Waals surface area contributed by atoms with Gasteiger partial charge in [-0.2, -0.15) is 0 Å². The summed E-state index contributed by atoms with van der Waals surface area (Å²) in [6.45, 7) is 2.59. The Labute approximate surface area is 103 Å². The normalized spacial score (nSPS) is 20.4. The fourth-order valence-electron chi connectivity index (χ4n) is 2.85. The lowest BCUT2D eigenvalue weighted by Gasteiger charge is -2.41. The van der Waals surface area contributed by atoms with E-state index in [2.05, 4.69) is 29.1 Å². The zero-order chi connectivity index (χ0) is 12.1. The van der Waals surface area contributed by atoms with Crippen molar-refractivity contribution in [3.8, 4) is 0 Å². The van der Waals surface area contributed by atoms with Gasteiger partial charge in [0.15, 0.2) is 0 Å². The van der Waals surface area contributed by atoms with Crippen LogP contribution < -0.4 is 0 Å². The van der Waals surface area contributed by atoms with Crippen LogP contribution in [-0.4, -0.2) is 41.7 Å². The molecule has 3 nitrogen and oxygen atoms in total. The minimum atomic E-state index is 0.262. The maximum atomic E-state index is 9.09. The van der Waals surface area contributed by atoms with E-state index in [0.717, 1.165) is 25.9 Å². The number of aromatic nitrogens is 1. The summed E-state index contributed by atoms with van der Waals surface area (Å²) in [5.74, 6) is 0. The van der Waals surface area contributed by atoms with Gasteiger partial charge < -0.3 is 10.0 Å². The third-order valence-electron chi connectivity index (χ3n) is 4.05. The van der Waals surface area contributed by atoms with Crippen molar-refractivity contribution in [2.24, 2.45) is 0 Å². The number of pyridine rings is 1. The molecule has 0 radical (unpaired) electrons. The Morgan fingerprint density at radius 2 is 1.94 bits per heavy atom. The highest BCUT2D eigenvalue weighted by Gasteiger charge is 2.34. The average molecular weight is 234 g/mol. The smallest absolute Gasteiger partial charge is 0.0431 e. The molecule has 2 rings (SSSR count). The molecule has 0 bridgehead atoms. The summed E-state index contributed by atoms with van der Waals surface area (Å²) < 4.78 is 0. The minimum Gasteiger partial charge on any atom is -0.396 e. The van der Waals surface area contributed by atoms with Gasteiger partial charge in [0.2, 0.25) is 0 Å². The summed E-state index contributed by atoms with van der Waals surface area (Å²) in [5.41, 5.74) is 1.66. The van der Waals surface area contributed by atoms with E-state index in [1.807, 2.05) is 12.4 Å². The standard InChI is InChI=1S/C14H22N2O/c1-16-10-6-14(7-11-16,5-2-12-17)13-3-8-15-9-4-13/h3-4,8-9,17H,2,5-7,10-12H2,1H3. The molecule has 94 valence electrons. The summed E-state index contributed by atoms with van der Waals surface area (Å²) in [6, 6.07) is 4.28. The van der Waals surface area contributed by atoms with Crippen LogP contribution in [0.25, 0.3) is 0 Å². The van der Waals surface area contributed by atoms with Gasteiger partial charge in [-0.25, -0.2) is 0 Å². The van der Waals surface area contributed by atoms with Gasteiger partial charge in [-0.15, -0.1) is 0 Å². The molecule has 1 aliphatic rings. The molecule has 0 saturated carbocycles. The van der Waals surface area contributed by atoms with E-state index in [1.165, 1.54) is 18.4 Å². The molecule has 2 heterocycles. The molecule has 1 fully saturated rings. The van der Waals surface area contributed by atoms with Crippen molar-refractivity contribution in [3.63, 3.8) is 0 Å². The van der Waals surface area contributed by atoms with Crippen LogP contribution in [0.5, 0.6) is 0 Å². The molecule has 0 atom stereocenters. The Kier molecular flexibility index (Phi) is 4.13. The van der Waals surface area contributed by atoms with Crippen LogP contribution in [0.1, 0.15) is 31.2 Å². The molecule has 17 heavy (non-hydrogen) atoms. The first-order valence-corrected chi connectivity index (χ1v) is 6.47. The molecule has 1 aromatic rings. The lowest BCUT2D eigenvalue weighted by molar-refractivity contribution is 0.165. The van der Waals surface area contributed by atoms with Crippen LogP contribution in [-0.2, 0) is 5.41 Å². The SMILES string of the molecule is CN1CCC(CCCO)(c2ccncc2)CC1. The average Bonchev–Trinajstić information content (AvgIpc) is 2.40. The first kappa shape index (κ1) is 12.5. The Morgan fingerprint density at radius 1 is 1.29 bits per heavy atom. The molecular formula is C14H22N2O. The molecule has 1 N–H and O–H groups in total. The number of nitrogens with zero attached hydrogens (tertiary/aromatic N) is 2. The summed E-state index contributed by atoms with van der Waals surface area (Å²) >= 11 is 0. The summed E-state index contributed by atoms with van der Waals surface area (Å²) in [7, 11) is 2.18. The second kappa shape index (κ2) is 5.61. The van der Waals surface area contributed by atoms with Crippen molar-refractivity contribution in [1.82, 2.24) is 9.88 Å². The van der Waals surface area contributed by atoms with Crippen molar-refractivity contribution in [2.45, 2.75) is 31.1 Å². The summed E-state index contributed by atoms with van der Waals surface area (Å²) in [6.07, 6.45) is 8.12. The fraction of sp³-hybridized carbons (Fsp3) is 0.643. The molecule has 3 heteroatoms. The number of piperidine rings is 1. The van der Waals surface area contributed by atoms with Crippen LogP contribution in [0.2, 0.25) is 0 Å². The summed E-state index contributed by atoms with van der Waals surface area (Å²) in [4.78, 5) is 6.49. The number of aliphatic hydroxyl groups is 1. The molecule has 1 aliphatic heterocycles. The topological polar surface area (TPSA) is 36.4 Å². The zero-order valence-corrected chi connectivity index (χ0v) is 10.6. The van der Waals surface area contributed by atoms with E-state index in [4.69, 9.17) is 5.11 Å². The Hall–Kier alpha value is -0.930. The number of rotatable bonds is 4. The van der Waals surface area contributed by atoms with Crippen molar-refractivity contribution < 1.29 is 5.11 Å². The number of likely N-dealkylation sites (tertiary alicyclic amines) is 1. The van der Waals surface area contributed by atoms with E-state index in [0.29, 0.717) is 6.61 Å². The van der Waals surface area contributed by atoms with Crippen molar-refractivity contribution in [3.05, 3.63) is 30.1 Å². The van der Waals surface area contributed by atoms with Gasteiger partial charge in [0, 0.05) is 19.0 Å². The highest BCUT2D eigenvalue weighted by atomic mass is 16.2. The van der Waals surface area contributed by atoms with Gasteiger partial charge in [-0.3, -0.25) is 4.98 Å². The van der Waals surface area contributed by atoms with Crippen molar-refractivity contribution in [1.29, 1.82) is 0 Å². The molecular weight excluding hydrogens is 212 g/mol. The van der Waals surface area contributed by atoms with Crippen LogP contribution in [0, 0.1) is 0 Å². The summed E-state index contributed by atoms with van der Waals surface area (Å²) in [5, 5.41) is 9.09. The Bertz CT molecular complexity index is 326. The van der Waals surface area contributed by atoms with E-state index in [-0.39, 0.29) is 5.41 Å². The minimum absolute atomic E-state index is 0.262. The Morgan fingerprint density at radius 3 is 2.53 bits per heavy atom. The lowest BCUT2D eigenvalue weighted by atomic mass is 9.70.